The fraction of sp³-hybridized carbons (Fsp3) is 0.400. The second kappa shape index (κ2) is 10.5. The third kappa shape index (κ3) is 7.10. The minimum absolute atomic E-state index is 0.240. The van der Waals surface area contributed by atoms with E-state index in [0.29, 0.717) is 18.9 Å². The summed E-state index contributed by atoms with van der Waals surface area (Å²) < 4.78 is 95.6. The van der Waals surface area contributed by atoms with Gasteiger partial charge in [0.1, 0.15) is 21.5 Å². The molecule has 0 N–H and O–H groups in total. The normalized spacial score (nSPS) is 13.5. The van der Waals surface area contributed by atoms with Crippen molar-refractivity contribution in [3.8, 4) is 11.5 Å². The van der Waals surface area contributed by atoms with Crippen LogP contribution in [0.3, 0.4) is 0 Å². The third-order valence-electron chi connectivity index (χ3n) is 4.50. The molecule has 2 aromatic rings. The molecule has 2 rings (SSSR count). The van der Waals surface area contributed by atoms with Crippen molar-refractivity contribution in [2.45, 2.75) is 43.0 Å². The second-order valence-corrected chi connectivity index (χ2v) is 10.3. The minimum Gasteiger partial charge on any atom is -0.493 e. The molecule has 0 saturated carbocycles. The third-order valence-corrected chi connectivity index (χ3v) is 7.52. The first kappa shape index (κ1) is 25.9. The lowest BCUT2D eigenvalue weighted by Crippen LogP contribution is -2.24. The van der Waals surface area contributed by atoms with Crippen LogP contribution in [-0.2, 0) is 20.0 Å². The Morgan fingerprint density at radius 1 is 0.875 bits per heavy atom. The van der Waals surface area contributed by atoms with Crippen molar-refractivity contribution >= 4 is 20.0 Å². The van der Waals surface area contributed by atoms with Crippen LogP contribution in [0.15, 0.2) is 53.4 Å². The summed E-state index contributed by atoms with van der Waals surface area (Å²) in [7, 11) is -11.2. The molecule has 0 saturated heterocycles. The summed E-state index contributed by atoms with van der Waals surface area (Å²) in [6.45, 7) is 4.89. The summed E-state index contributed by atoms with van der Waals surface area (Å²) in [6, 6.07) is 12.0. The quantitative estimate of drug-likeness (QED) is 0.409. The van der Waals surface area contributed by atoms with Crippen molar-refractivity contribution in [3.63, 3.8) is 0 Å². The molecular weight excluding hydrogens is 471 g/mol. The van der Waals surface area contributed by atoms with Gasteiger partial charge in [0.2, 0.25) is 0 Å². The van der Waals surface area contributed by atoms with Crippen LogP contribution in [-0.4, -0.2) is 35.6 Å². The van der Waals surface area contributed by atoms with Crippen LogP contribution >= 0.6 is 0 Å². The van der Waals surface area contributed by atoms with Gasteiger partial charge in [-0.2, -0.15) is 13.2 Å². The molecule has 0 aromatic heterocycles. The lowest BCUT2D eigenvalue weighted by atomic mass is 9.99. The molecule has 0 fully saturated rings. The molecule has 0 aliphatic heterocycles. The number of hydrogen-bond acceptors (Lipinski definition) is 6. The van der Waals surface area contributed by atoms with Crippen LogP contribution in [0.5, 0.6) is 11.5 Å². The number of hydrogen-bond donors (Lipinski definition) is 0. The number of rotatable bonds is 11. The van der Waals surface area contributed by atoms with E-state index < -0.39 is 30.5 Å². The average Bonchev–Trinajstić information content (AvgIpc) is 2.72. The second-order valence-electron chi connectivity index (χ2n) is 6.87. The molecule has 12 heteroatoms. The van der Waals surface area contributed by atoms with E-state index in [-0.39, 0.29) is 12.4 Å². The lowest BCUT2D eigenvalue weighted by Gasteiger charge is -2.22. The molecule has 1 atom stereocenters. The molecule has 0 aliphatic rings. The number of sulfonamides is 2. The van der Waals surface area contributed by atoms with E-state index in [4.69, 9.17) is 9.47 Å². The first-order valence-electron chi connectivity index (χ1n) is 9.62. The smallest absolute Gasteiger partial charge is 0.480 e. The Kier molecular flexibility index (Phi) is 8.54. The van der Waals surface area contributed by atoms with E-state index in [9.17, 15) is 30.0 Å². The Bertz CT molecular complexity index is 1080. The van der Waals surface area contributed by atoms with Crippen LogP contribution in [0, 0.1) is 0 Å². The molecule has 1 unspecified atom stereocenters. The van der Waals surface area contributed by atoms with Gasteiger partial charge in [-0.05, 0) is 54.3 Å². The Morgan fingerprint density at radius 3 is 1.78 bits per heavy atom. The van der Waals surface area contributed by atoms with E-state index in [1.54, 1.807) is 0 Å². The molecule has 2 aromatic carbocycles. The minimum atomic E-state index is -6.17. The molecule has 0 radical (unpaired) electrons. The Morgan fingerprint density at radius 2 is 1.34 bits per heavy atom. The summed E-state index contributed by atoms with van der Waals surface area (Å²) >= 11 is 0. The topological polar surface area (TPSA) is 101 Å². The Hall–Kier alpha value is -2.31. The van der Waals surface area contributed by atoms with E-state index in [1.807, 2.05) is 28.4 Å². The van der Waals surface area contributed by atoms with Gasteiger partial charge < -0.3 is 13.6 Å². The van der Waals surface area contributed by atoms with Gasteiger partial charge in [0, 0.05) is 11.3 Å². The van der Waals surface area contributed by atoms with Crippen molar-refractivity contribution in [2.75, 3.05) is 13.2 Å². The van der Waals surface area contributed by atoms with Crippen molar-refractivity contribution in [3.05, 3.63) is 58.2 Å². The number of alkyl halides is 3. The fourth-order valence-electron chi connectivity index (χ4n) is 2.49. The molecule has 0 amide bonds. The van der Waals surface area contributed by atoms with Crippen LogP contribution in [0.1, 0.15) is 38.2 Å². The number of benzene rings is 2. The van der Waals surface area contributed by atoms with Crippen LogP contribution in [0.2, 0.25) is 0 Å². The monoisotopic (exact) mass is 494 g/mol. The Labute approximate surface area is 185 Å². The van der Waals surface area contributed by atoms with Gasteiger partial charge in [0.05, 0.1) is 13.2 Å². The number of halogens is 3. The number of ether oxygens (including phenoxy) is 2. The Balaban J connectivity index is 1.82. The maximum Gasteiger partial charge on any atom is 0.480 e. The van der Waals surface area contributed by atoms with Gasteiger partial charge in [0.25, 0.3) is 0 Å². The zero-order chi connectivity index (χ0) is 24.0. The number of nitrogens with zero attached hydrogens (tertiary/aromatic N) is 1. The van der Waals surface area contributed by atoms with Gasteiger partial charge in [-0.3, -0.25) is 0 Å². The van der Waals surface area contributed by atoms with Crippen molar-refractivity contribution in [2.24, 2.45) is 0 Å². The predicted octanol–water partition coefficient (Wildman–Crippen LogP) is 4.96. The highest BCUT2D eigenvalue weighted by atomic mass is 32.3. The van der Waals surface area contributed by atoms with Crippen LogP contribution < -0.4 is 9.47 Å². The molecule has 0 bridgehead atoms. The zero-order valence-electron chi connectivity index (χ0n) is 17.4. The maximum absolute atomic E-state index is 12.3. The molecule has 32 heavy (non-hydrogen) atoms. The van der Waals surface area contributed by atoms with E-state index in [0.717, 1.165) is 24.3 Å². The maximum atomic E-state index is 12.3. The van der Waals surface area contributed by atoms with E-state index in [1.165, 1.54) is 17.7 Å². The van der Waals surface area contributed by atoms with Crippen LogP contribution in [0.4, 0.5) is 13.2 Å². The molecule has 0 heterocycles. The summed E-state index contributed by atoms with van der Waals surface area (Å²) in [6.07, 6.45) is 1.57. The van der Waals surface area contributed by atoms with Gasteiger partial charge >= 0.3 is 5.51 Å². The lowest BCUT2D eigenvalue weighted by molar-refractivity contribution is -0.0425. The standard InChI is InChI=1S/C20H23F3NO6S2/c1-3-15(2)16-5-7-17(8-6-16)29-13-4-14-30-18-9-11-19(12-10-18)31(25,26)24-32(27,28)20(21,22)23/h5-12,15H,3-4,13-14H2,1-2H3/q-1. The van der Waals surface area contributed by atoms with Gasteiger partial charge in [0.15, 0.2) is 10.0 Å². The first-order valence-corrected chi connectivity index (χ1v) is 12.5. The summed E-state index contributed by atoms with van der Waals surface area (Å²) in [5, 5.41) is 0. The van der Waals surface area contributed by atoms with Crippen molar-refractivity contribution in [1.29, 1.82) is 0 Å². The zero-order valence-corrected chi connectivity index (χ0v) is 19.0. The first-order chi connectivity index (χ1) is 14.9. The van der Waals surface area contributed by atoms with Gasteiger partial charge in [-0.1, -0.05) is 26.0 Å². The van der Waals surface area contributed by atoms with Gasteiger partial charge in [-0.25, -0.2) is 16.8 Å². The summed E-state index contributed by atoms with van der Waals surface area (Å²) in [5.41, 5.74) is -4.57. The van der Waals surface area contributed by atoms with Crippen molar-refractivity contribution in [1.82, 2.24) is 0 Å². The molecule has 0 aliphatic carbocycles. The average molecular weight is 495 g/mol. The molecule has 178 valence electrons. The summed E-state index contributed by atoms with van der Waals surface area (Å²) in [5.74, 6) is 1.45. The highest BCUT2D eigenvalue weighted by Gasteiger charge is 2.40. The predicted molar refractivity (Wildman–Crippen MR) is 113 cm³/mol. The highest BCUT2D eigenvalue weighted by Crippen LogP contribution is 2.32. The molecule has 7 nitrogen and oxygen atoms in total. The van der Waals surface area contributed by atoms with Gasteiger partial charge in [-0.15, -0.1) is 0 Å². The largest absolute Gasteiger partial charge is 0.493 e. The fourth-order valence-corrected chi connectivity index (χ4v) is 4.69. The highest BCUT2D eigenvalue weighted by molar-refractivity contribution is 8.12. The van der Waals surface area contributed by atoms with Crippen LogP contribution in [0.25, 0.3) is 4.13 Å². The van der Waals surface area contributed by atoms with E-state index >= 15 is 0 Å². The van der Waals surface area contributed by atoms with E-state index in [2.05, 4.69) is 13.8 Å². The molecular formula is C20H23F3NO6S2-. The summed E-state index contributed by atoms with van der Waals surface area (Å²) in [4.78, 5) is -0.707. The SMILES string of the molecule is CCC(C)c1ccc(OCCCOc2ccc(S(=O)(=O)[N-]S(=O)(=O)C(F)(F)F)cc2)cc1. The van der Waals surface area contributed by atoms with Crippen molar-refractivity contribution < 1.29 is 39.5 Å². The molecule has 0 spiro atoms.